The van der Waals surface area contributed by atoms with Crippen molar-refractivity contribution in [2.45, 2.75) is 18.9 Å². The molecule has 120 valence electrons. The van der Waals surface area contributed by atoms with Gasteiger partial charge in [0.25, 0.3) is 5.92 Å². The maximum Gasteiger partial charge on any atom is 0.289 e. The van der Waals surface area contributed by atoms with Crippen molar-refractivity contribution < 1.29 is 13.9 Å². The fraction of sp³-hybridized carbons (Fsp3) is 0.571. The van der Waals surface area contributed by atoms with Crippen LogP contribution in [0.2, 0.25) is 0 Å². The molecule has 0 radical (unpaired) electrons. The number of aliphatic hydroxyl groups excluding tert-OH is 1. The zero-order valence-electron chi connectivity index (χ0n) is 11.8. The average Bonchev–Trinajstić information content (AvgIpc) is 2.44. The van der Waals surface area contributed by atoms with Crippen LogP contribution in [0.4, 0.5) is 8.78 Å². The Morgan fingerprint density at radius 1 is 1.38 bits per heavy atom. The lowest BCUT2D eigenvalue weighted by Gasteiger charge is -2.39. The van der Waals surface area contributed by atoms with Crippen LogP contribution in [0.25, 0.3) is 0 Å². The zero-order chi connectivity index (χ0) is 14.8. The van der Waals surface area contributed by atoms with Crippen molar-refractivity contribution in [2.75, 3.05) is 32.8 Å². The number of aliphatic hydroxyl groups is 1. The average molecular weight is 386 g/mol. The van der Waals surface area contributed by atoms with E-state index in [0.717, 1.165) is 10.0 Å². The molecule has 2 rings (SSSR count). The Kier molecular flexibility index (Phi) is 7.00. The number of nitrogens with zero attached hydrogens (tertiary/aromatic N) is 1. The van der Waals surface area contributed by atoms with Crippen LogP contribution < -0.4 is 5.32 Å². The summed E-state index contributed by atoms with van der Waals surface area (Å²) < 4.78 is 29.3. The normalized spacial score (nSPS) is 18.1. The molecule has 0 spiro atoms. The Balaban J connectivity index is 0.00000220. The highest BCUT2D eigenvalue weighted by Gasteiger charge is 2.44. The maximum atomic E-state index is 14.3. The highest BCUT2D eigenvalue weighted by molar-refractivity contribution is 9.10. The van der Waals surface area contributed by atoms with Crippen LogP contribution in [0.15, 0.2) is 22.7 Å². The van der Waals surface area contributed by atoms with Crippen molar-refractivity contribution in [1.82, 2.24) is 10.2 Å². The largest absolute Gasteiger partial charge is 0.390 e. The molecule has 1 aromatic carbocycles. The van der Waals surface area contributed by atoms with Crippen molar-refractivity contribution in [1.29, 1.82) is 0 Å². The Morgan fingerprint density at radius 3 is 2.57 bits per heavy atom. The first-order chi connectivity index (χ1) is 9.45. The zero-order valence-corrected chi connectivity index (χ0v) is 14.2. The van der Waals surface area contributed by atoms with Gasteiger partial charge in [0.15, 0.2) is 0 Å². The number of rotatable bonds is 4. The molecule has 1 aromatic rings. The third-order valence-corrected chi connectivity index (χ3v) is 4.16. The summed E-state index contributed by atoms with van der Waals surface area (Å²) in [6.45, 7) is 3.15. The van der Waals surface area contributed by atoms with Crippen LogP contribution in [0, 0.1) is 6.92 Å². The number of piperazine rings is 1. The van der Waals surface area contributed by atoms with E-state index in [-0.39, 0.29) is 12.4 Å². The Bertz CT molecular complexity index is 470. The molecular weight excluding hydrogens is 366 g/mol. The van der Waals surface area contributed by atoms with E-state index in [1.165, 1.54) is 0 Å². The molecule has 1 atom stereocenters. The van der Waals surface area contributed by atoms with Crippen LogP contribution in [0.3, 0.4) is 0 Å². The van der Waals surface area contributed by atoms with Gasteiger partial charge < -0.3 is 10.4 Å². The second-order valence-corrected chi connectivity index (χ2v) is 6.02. The van der Waals surface area contributed by atoms with Gasteiger partial charge in [0, 0.05) is 30.7 Å². The summed E-state index contributed by atoms with van der Waals surface area (Å²) in [5.41, 5.74) is 1.38. The van der Waals surface area contributed by atoms with Gasteiger partial charge in [-0.25, -0.2) is 8.78 Å². The molecule has 21 heavy (non-hydrogen) atoms. The van der Waals surface area contributed by atoms with Gasteiger partial charge in [-0.05, 0) is 30.2 Å². The predicted molar refractivity (Wildman–Crippen MR) is 85.3 cm³/mol. The lowest BCUT2D eigenvalue weighted by atomic mass is 9.94. The first-order valence-corrected chi connectivity index (χ1v) is 7.44. The molecule has 0 aromatic heterocycles. The fourth-order valence-electron chi connectivity index (χ4n) is 2.62. The number of nitrogens with one attached hydrogen (secondary N) is 1. The molecule has 7 heteroatoms. The van der Waals surface area contributed by atoms with Crippen LogP contribution in [-0.4, -0.2) is 48.7 Å². The van der Waals surface area contributed by atoms with Crippen LogP contribution in [-0.2, 0) is 0 Å². The number of hydrogen-bond acceptors (Lipinski definition) is 3. The molecule has 2 N–H and O–H groups in total. The third-order valence-electron chi connectivity index (χ3n) is 3.66. The molecule has 0 saturated carbocycles. The van der Waals surface area contributed by atoms with Crippen molar-refractivity contribution >= 4 is 28.3 Å². The van der Waals surface area contributed by atoms with Gasteiger partial charge >= 0.3 is 0 Å². The van der Waals surface area contributed by atoms with E-state index >= 15 is 0 Å². The van der Waals surface area contributed by atoms with Crippen molar-refractivity contribution in [2.24, 2.45) is 0 Å². The van der Waals surface area contributed by atoms with Crippen LogP contribution in [0.1, 0.15) is 17.2 Å². The van der Waals surface area contributed by atoms with E-state index in [1.54, 1.807) is 11.0 Å². The van der Waals surface area contributed by atoms with Gasteiger partial charge in [-0.3, -0.25) is 4.90 Å². The van der Waals surface area contributed by atoms with Crippen molar-refractivity contribution in [3.05, 3.63) is 33.8 Å². The summed E-state index contributed by atoms with van der Waals surface area (Å²) >= 11 is 3.34. The minimum atomic E-state index is -3.16. The molecular formula is C14H20BrClF2N2O. The quantitative estimate of drug-likeness (QED) is 0.836. The summed E-state index contributed by atoms with van der Waals surface area (Å²) in [5, 5.41) is 12.3. The Morgan fingerprint density at radius 2 is 2.00 bits per heavy atom. The van der Waals surface area contributed by atoms with E-state index in [4.69, 9.17) is 5.11 Å². The Labute approximate surface area is 138 Å². The van der Waals surface area contributed by atoms with Gasteiger partial charge in [-0.1, -0.05) is 22.0 Å². The third kappa shape index (κ3) is 4.36. The molecule has 1 fully saturated rings. The molecule has 1 aliphatic heterocycles. The summed E-state index contributed by atoms with van der Waals surface area (Å²) in [5.74, 6) is -3.16. The molecule has 0 aliphatic carbocycles. The van der Waals surface area contributed by atoms with E-state index in [2.05, 4.69) is 21.2 Å². The second-order valence-electron chi connectivity index (χ2n) is 5.11. The number of benzene rings is 1. The molecule has 1 aliphatic rings. The maximum absolute atomic E-state index is 14.3. The van der Waals surface area contributed by atoms with Gasteiger partial charge in [-0.2, -0.15) is 0 Å². The van der Waals surface area contributed by atoms with Gasteiger partial charge in [0.1, 0.15) is 12.6 Å². The van der Waals surface area contributed by atoms with Crippen LogP contribution in [0.5, 0.6) is 0 Å². The first-order valence-electron chi connectivity index (χ1n) is 6.65. The van der Waals surface area contributed by atoms with Gasteiger partial charge in [0.05, 0.1) is 0 Å². The molecule has 0 amide bonds. The smallest absolute Gasteiger partial charge is 0.289 e. The predicted octanol–water partition coefficient (Wildman–Crippen LogP) is 2.75. The second kappa shape index (κ2) is 7.83. The van der Waals surface area contributed by atoms with E-state index < -0.39 is 18.6 Å². The number of aryl methyl sites for hydroxylation is 1. The lowest BCUT2D eigenvalue weighted by Crippen LogP contribution is -2.51. The topological polar surface area (TPSA) is 35.5 Å². The number of alkyl halides is 2. The van der Waals surface area contributed by atoms with Crippen LogP contribution >= 0.6 is 28.3 Å². The molecule has 1 heterocycles. The van der Waals surface area contributed by atoms with E-state index in [9.17, 15) is 8.78 Å². The first kappa shape index (κ1) is 18.8. The SMILES string of the molecule is Cc1ccc(Br)cc1[C@@H](N1CCNCC1)C(F)(F)CO.Cl. The standard InChI is InChI=1S/C14H19BrF2N2O.ClH/c1-10-2-3-11(15)8-12(10)13(14(16,17)9-20)19-6-4-18-5-7-19;/h2-3,8,13,18,20H,4-7,9H2,1H3;1H/t13-;/m1./s1. The summed E-state index contributed by atoms with van der Waals surface area (Å²) in [6.07, 6.45) is 0. The lowest BCUT2D eigenvalue weighted by molar-refractivity contribution is -0.118. The minimum Gasteiger partial charge on any atom is -0.390 e. The van der Waals surface area contributed by atoms with Crippen molar-refractivity contribution in [3.8, 4) is 0 Å². The molecule has 1 saturated heterocycles. The molecule has 0 bridgehead atoms. The van der Waals surface area contributed by atoms with Gasteiger partial charge in [-0.15, -0.1) is 12.4 Å². The van der Waals surface area contributed by atoms with E-state index in [1.807, 2.05) is 19.1 Å². The Hall–Kier alpha value is -0.270. The molecule has 0 unspecified atom stereocenters. The highest BCUT2D eigenvalue weighted by Crippen LogP contribution is 2.38. The number of halogens is 4. The van der Waals surface area contributed by atoms with Crippen molar-refractivity contribution in [3.63, 3.8) is 0 Å². The summed E-state index contributed by atoms with van der Waals surface area (Å²) in [6, 6.07) is 4.30. The summed E-state index contributed by atoms with van der Waals surface area (Å²) in [4.78, 5) is 1.75. The fourth-order valence-corrected chi connectivity index (χ4v) is 3.00. The van der Waals surface area contributed by atoms with E-state index in [0.29, 0.717) is 31.7 Å². The van der Waals surface area contributed by atoms with Gasteiger partial charge in [0.2, 0.25) is 0 Å². The minimum absolute atomic E-state index is 0. The summed E-state index contributed by atoms with van der Waals surface area (Å²) in [7, 11) is 0. The molecule has 3 nitrogen and oxygen atoms in total. The monoisotopic (exact) mass is 384 g/mol. The highest BCUT2D eigenvalue weighted by atomic mass is 79.9. The number of hydrogen-bond donors (Lipinski definition) is 2.